The van der Waals surface area contributed by atoms with E-state index in [9.17, 15) is 13.2 Å². The first-order valence-electron chi connectivity index (χ1n) is 8.62. The number of nitrogens with one attached hydrogen (secondary N) is 1. The van der Waals surface area contributed by atoms with E-state index < -0.39 is 9.84 Å². The van der Waals surface area contributed by atoms with Gasteiger partial charge >= 0.3 is 0 Å². The van der Waals surface area contributed by atoms with Gasteiger partial charge in [-0.2, -0.15) is 0 Å². The van der Waals surface area contributed by atoms with Crippen LogP contribution in [0.4, 0.5) is 5.13 Å². The van der Waals surface area contributed by atoms with Gasteiger partial charge in [-0.1, -0.05) is 38.1 Å². The lowest BCUT2D eigenvalue weighted by molar-refractivity contribution is 0.102. The number of benzene rings is 2. The molecule has 1 amide bonds. The minimum Gasteiger partial charge on any atom is -0.298 e. The fourth-order valence-electron chi connectivity index (χ4n) is 2.52. The maximum Gasteiger partial charge on any atom is 0.257 e. The molecule has 1 heterocycles. The number of aryl methyl sites for hydroxylation is 1. The number of sulfone groups is 1. The standard InChI is InChI=1S/C20H20N2O3S2/c1-3-14-5-7-15(8-6-14)18-13-26-20(21-18)22-19(23)16-9-11-17(12-10-16)27(24,25)4-2/h5-13H,3-4H2,1-2H3,(H,21,22,23). The van der Waals surface area contributed by atoms with Gasteiger partial charge < -0.3 is 0 Å². The van der Waals surface area contributed by atoms with Gasteiger partial charge in [0.15, 0.2) is 15.0 Å². The predicted octanol–water partition coefficient (Wildman–Crippen LogP) is 4.42. The molecule has 5 nitrogen and oxygen atoms in total. The van der Waals surface area contributed by atoms with Crippen molar-refractivity contribution in [1.82, 2.24) is 4.98 Å². The molecular weight excluding hydrogens is 380 g/mol. The van der Waals surface area contributed by atoms with Gasteiger partial charge in [0.25, 0.3) is 5.91 Å². The summed E-state index contributed by atoms with van der Waals surface area (Å²) in [5.41, 5.74) is 3.45. The SMILES string of the molecule is CCc1ccc(-c2csc(NC(=O)c3ccc(S(=O)(=O)CC)cc3)n2)cc1. The minimum atomic E-state index is -3.27. The minimum absolute atomic E-state index is 0.0275. The molecule has 0 fully saturated rings. The first kappa shape index (κ1) is 19.3. The summed E-state index contributed by atoms with van der Waals surface area (Å²) >= 11 is 1.35. The van der Waals surface area contributed by atoms with Gasteiger partial charge in [0.05, 0.1) is 16.3 Å². The summed E-state index contributed by atoms with van der Waals surface area (Å²) in [5.74, 6) is -0.294. The largest absolute Gasteiger partial charge is 0.298 e. The van der Waals surface area contributed by atoms with E-state index in [1.807, 2.05) is 17.5 Å². The summed E-state index contributed by atoms with van der Waals surface area (Å²) in [7, 11) is -3.27. The number of thiazole rings is 1. The summed E-state index contributed by atoms with van der Waals surface area (Å²) < 4.78 is 23.7. The van der Waals surface area contributed by atoms with Crippen LogP contribution in [0.15, 0.2) is 58.8 Å². The Labute approximate surface area is 163 Å². The highest BCUT2D eigenvalue weighted by Crippen LogP contribution is 2.25. The highest BCUT2D eigenvalue weighted by molar-refractivity contribution is 7.91. The van der Waals surface area contributed by atoms with Crippen LogP contribution in [0.5, 0.6) is 0 Å². The van der Waals surface area contributed by atoms with E-state index >= 15 is 0 Å². The van der Waals surface area contributed by atoms with Crippen molar-refractivity contribution >= 4 is 32.2 Å². The second-order valence-corrected chi connectivity index (χ2v) is 9.11. The molecule has 140 valence electrons. The van der Waals surface area contributed by atoms with Crippen molar-refractivity contribution < 1.29 is 13.2 Å². The number of nitrogens with zero attached hydrogens (tertiary/aromatic N) is 1. The molecule has 7 heteroatoms. The van der Waals surface area contributed by atoms with Crippen LogP contribution in [-0.4, -0.2) is 25.1 Å². The number of aromatic nitrogens is 1. The molecule has 0 radical (unpaired) electrons. The molecular formula is C20H20N2O3S2. The zero-order valence-corrected chi connectivity index (χ0v) is 16.7. The van der Waals surface area contributed by atoms with Crippen molar-refractivity contribution in [1.29, 1.82) is 0 Å². The lowest BCUT2D eigenvalue weighted by atomic mass is 10.1. The third kappa shape index (κ3) is 4.43. The normalized spacial score (nSPS) is 11.3. The number of hydrogen-bond acceptors (Lipinski definition) is 5. The Morgan fingerprint density at radius 2 is 1.70 bits per heavy atom. The zero-order valence-electron chi connectivity index (χ0n) is 15.1. The summed E-state index contributed by atoms with van der Waals surface area (Å²) in [6, 6.07) is 14.1. The first-order valence-corrected chi connectivity index (χ1v) is 11.1. The molecule has 0 spiro atoms. The second-order valence-electron chi connectivity index (χ2n) is 5.97. The average Bonchev–Trinajstić information content (AvgIpc) is 3.16. The summed E-state index contributed by atoms with van der Waals surface area (Å²) in [6.07, 6.45) is 0.983. The van der Waals surface area contributed by atoms with Crippen LogP contribution in [0.2, 0.25) is 0 Å². The van der Waals surface area contributed by atoms with Crippen LogP contribution in [0.1, 0.15) is 29.8 Å². The van der Waals surface area contributed by atoms with E-state index in [2.05, 4.69) is 29.4 Å². The first-order chi connectivity index (χ1) is 12.9. The molecule has 0 saturated carbocycles. The molecule has 0 aliphatic rings. The van der Waals surface area contributed by atoms with Gasteiger partial charge in [0, 0.05) is 16.5 Å². The molecule has 0 unspecified atom stereocenters. The molecule has 0 aliphatic carbocycles. The van der Waals surface area contributed by atoms with Crippen LogP contribution < -0.4 is 5.32 Å². The topological polar surface area (TPSA) is 76.1 Å². The van der Waals surface area contributed by atoms with E-state index in [1.165, 1.54) is 41.2 Å². The van der Waals surface area contributed by atoms with E-state index in [0.29, 0.717) is 10.7 Å². The van der Waals surface area contributed by atoms with Gasteiger partial charge in [0.1, 0.15) is 0 Å². The Kier molecular flexibility index (Phi) is 5.72. The Hall–Kier alpha value is -2.51. The molecule has 27 heavy (non-hydrogen) atoms. The van der Waals surface area contributed by atoms with Crippen LogP contribution in [0.3, 0.4) is 0 Å². The van der Waals surface area contributed by atoms with E-state index in [0.717, 1.165) is 17.7 Å². The molecule has 2 aromatic carbocycles. The Bertz CT molecular complexity index is 1040. The Morgan fingerprint density at radius 3 is 2.30 bits per heavy atom. The molecule has 3 aromatic rings. The molecule has 0 atom stereocenters. The molecule has 0 bridgehead atoms. The van der Waals surface area contributed by atoms with Crippen molar-refractivity contribution in [2.45, 2.75) is 25.2 Å². The maximum absolute atomic E-state index is 12.4. The van der Waals surface area contributed by atoms with Crippen molar-refractivity contribution in [2.75, 3.05) is 11.1 Å². The van der Waals surface area contributed by atoms with Crippen LogP contribution in [0.25, 0.3) is 11.3 Å². The maximum atomic E-state index is 12.4. The van der Waals surface area contributed by atoms with Gasteiger partial charge in [0.2, 0.25) is 0 Å². The smallest absolute Gasteiger partial charge is 0.257 e. The molecule has 0 saturated heterocycles. The van der Waals surface area contributed by atoms with Crippen molar-refractivity contribution in [3.8, 4) is 11.3 Å². The van der Waals surface area contributed by atoms with E-state index in [4.69, 9.17) is 0 Å². The number of rotatable bonds is 6. The third-order valence-corrected chi connectivity index (χ3v) is 6.75. The van der Waals surface area contributed by atoms with Gasteiger partial charge in [-0.25, -0.2) is 13.4 Å². The van der Waals surface area contributed by atoms with Gasteiger partial charge in [-0.3, -0.25) is 10.1 Å². The molecule has 1 aromatic heterocycles. The van der Waals surface area contributed by atoms with E-state index in [-0.39, 0.29) is 16.6 Å². The fraction of sp³-hybridized carbons (Fsp3) is 0.200. The zero-order chi connectivity index (χ0) is 19.4. The Morgan fingerprint density at radius 1 is 1.04 bits per heavy atom. The lowest BCUT2D eigenvalue weighted by Gasteiger charge is -2.04. The summed E-state index contributed by atoms with van der Waals surface area (Å²) in [4.78, 5) is 17.1. The molecule has 3 rings (SSSR count). The van der Waals surface area contributed by atoms with Crippen molar-refractivity contribution in [3.63, 3.8) is 0 Å². The van der Waals surface area contributed by atoms with Gasteiger partial charge in [-0.05, 0) is 36.2 Å². The van der Waals surface area contributed by atoms with Crippen LogP contribution in [0, 0.1) is 0 Å². The Balaban J connectivity index is 1.72. The summed E-state index contributed by atoms with van der Waals surface area (Å²) in [5, 5.41) is 5.16. The van der Waals surface area contributed by atoms with Crippen LogP contribution >= 0.6 is 11.3 Å². The monoisotopic (exact) mass is 400 g/mol. The molecule has 1 N–H and O–H groups in total. The third-order valence-electron chi connectivity index (χ3n) is 4.24. The highest BCUT2D eigenvalue weighted by atomic mass is 32.2. The van der Waals surface area contributed by atoms with E-state index in [1.54, 1.807) is 6.92 Å². The fourth-order valence-corrected chi connectivity index (χ4v) is 4.12. The predicted molar refractivity (Wildman–Crippen MR) is 109 cm³/mol. The van der Waals surface area contributed by atoms with Crippen LogP contribution in [-0.2, 0) is 16.3 Å². The second kappa shape index (κ2) is 8.02. The number of carbonyl (C=O) groups is 1. The number of hydrogen-bond donors (Lipinski definition) is 1. The lowest BCUT2D eigenvalue weighted by Crippen LogP contribution is -2.12. The quantitative estimate of drug-likeness (QED) is 0.665. The number of anilines is 1. The average molecular weight is 401 g/mol. The highest BCUT2D eigenvalue weighted by Gasteiger charge is 2.14. The number of carbonyl (C=O) groups excluding carboxylic acids is 1. The summed E-state index contributed by atoms with van der Waals surface area (Å²) in [6.45, 7) is 3.70. The van der Waals surface area contributed by atoms with Crippen molar-refractivity contribution in [2.24, 2.45) is 0 Å². The van der Waals surface area contributed by atoms with Crippen molar-refractivity contribution in [3.05, 3.63) is 65.0 Å². The molecule has 0 aliphatic heterocycles. The van der Waals surface area contributed by atoms with Gasteiger partial charge in [-0.15, -0.1) is 11.3 Å². The number of amides is 1.